The second-order valence-corrected chi connectivity index (χ2v) is 5.36. The molecule has 0 atom stereocenters. The van der Waals surface area contributed by atoms with Crippen LogP contribution in [-0.4, -0.2) is 25.1 Å². The SMILES string of the molecule is COc1cc(C)ccc1C(=O)C=Cc1cc(Cl)c(O)c(OC)c1. The first kappa shape index (κ1) is 16.9. The van der Waals surface area contributed by atoms with E-state index in [4.69, 9.17) is 21.1 Å². The average molecular weight is 333 g/mol. The van der Waals surface area contributed by atoms with Crippen molar-refractivity contribution in [3.63, 3.8) is 0 Å². The molecule has 5 heteroatoms. The van der Waals surface area contributed by atoms with Gasteiger partial charge in [0, 0.05) is 0 Å². The van der Waals surface area contributed by atoms with E-state index >= 15 is 0 Å². The Morgan fingerprint density at radius 1 is 1.13 bits per heavy atom. The van der Waals surface area contributed by atoms with Crippen molar-refractivity contribution in [2.45, 2.75) is 6.92 Å². The highest BCUT2D eigenvalue weighted by Crippen LogP contribution is 2.35. The Labute approximate surface area is 139 Å². The third-order valence-electron chi connectivity index (χ3n) is 3.32. The lowest BCUT2D eigenvalue weighted by Crippen LogP contribution is -1.99. The maximum atomic E-state index is 12.3. The number of rotatable bonds is 5. The highest BCUT2D eigenvalue weighted by molar-refractivity contribution is 6.32. The van der Waals surface area contributed by atoms with Crippen LogP contribution in [-0.2, 0) is 0 Å². The van der Waals surface area contributed by atoms with Gasteiger partial charge >= 0.3 is 0 Å². The van der Waals surface area contributed by atoms with Crippen molar-refractivity contribution in [1.82, 2.24) is 0 Å². The lowest BCUT2D eigenvalue weighted by Gasteiger charge is -2.07. The number of phenolic OH excluding ortho intramolecular Hbond substituents is 1. The van der Waals surface area contributed by atoms with E-state index in [1.807, 2.05) is 19.1 Å². The molecule has 4 nitrogen and oxygen atoms in total. The molecule has 2 rings (SSSR count). The summed E-state index contributed by atoms with van der Waals surface area (Å²) in [4.78, 5) is 12.3. The molecule has 0 heterocycles. The number of ether oxygens (including phenoxy) is 2. The van der Waals surface area contributed by atoms with Gasteiger partial charge in [0.25, 0.3) is 0 Å². The zero-order chi connectivity index (χ0) is 17.0. The molecular weight excluding hydrogens is 316 g/mol. The van der Waals surface area contributed by atoms with Crippen LogP contribution >= 0.6 is 11.6 Å². The largest absolute Gasteiger partial charge is 0.503 e. The normalized spacial score (nSPS) is 10.8. The minimum Gasteiger partial charge on any atom is -0.503 e. The van der Waals surface area contributed by atoms with E-state index in [2.05, 4.69) is 0 Å². The molecule has 0 spiro atoms. The number of hydrogen-bond donors (Lipinski definition) is 1. The highest BCUT2D eigenvalue weighted by Gasteiger charge is 2.11. The number of benzene rings is 2. The summed E-state index contributed by atoms with van der Waals surface area (Å²) in [6.07, 6.45) is 3.03. The van der Waals surface area contributed by atoms with Crippen LogP contribution in [0.4, 0.5) is 0 Å². The summed E-state index contributed by atoms with van der Waals surface area (Å²) in [5.74, 6) is 0.460. The number of ketones is 1. The minimum atomic E-state index is -0.190. The van der Waals surface area contributed by atoms with E-state index in [-0.39, 0.29) is 22.3 Å². The van der Waals surface area contributed by atoms with Gasteiger partial charge in [0.15, 0.2) is 17.3 Å². The van der Waals surface area contributed by atoms with Crippen molar-refractivity contribution in [2.24, 2.45) is 0 Å². The first-order valence-corrected chi connectivity index (χ1v) is 7.27. The molecule has 0 bridgehead atoms. The Morgan fingerprint density at radius 2 is 1.83 bits per heavy atom. The number of carbonyl (C=O) groups excluding carboxylic acids is 1. The smallest absolute Gasteiger partial charge is 0.189 e. The zero-order valence-electron chi connectivity index (χ0n) is 13.1. The molecule has 0 saturated carbocycles. The second-order valence-electron chi connectivity index (χ2n) is 4.95. The third kappa shape index (κ3) is 3.85. The molecule has 0 saturated heterocycles. The molecular formula is C18H17ClO4. The van der Waals surface area contributed by atoms with E-state index < -0.39 is 0 Å². The number of allylic oxidation sites excluding steroid dienone is 1. The van der Waals surface area contributed by atoms with Crippen LogP contribution in [0.3, 0.4) is 0 Å². The number of halogens is 1. The molecule has 0 amide bonds. The summed E-state index contributed by atoms with van der Waals surface area (Å²) < 4.78 is 10.3. The highest BCUT2D eigenvalue weighted by atomic mass is 35.5. The topological polar surface area (TPSA) is 55.8 Å². The van der Waals surface area contributed by atoms with Gasteiger partial charge in [0.2, 0.25) is 0 Å². The molecule has 0 radical (unpaired) electrons. The van der Waals surface area contributed by atoms with Crippen molar-refractivity contribution >= 4 is 23.5 Å². The predicted octanol–water partition coefficient (Wildman–Crippen LogP) is 4.27. The lowest BCUT2D eigenvalue weighted by molar-refractivity contribution is 0.104. The lowest BCUT2D eigenvalue weighted by atomic mass is 10.1. The molecule has 0 aromatic heterocycles. The molecule has 0 aliphatic heterocycles. The van der Waals surface area contributed by atoms with E-state index in [0.29, 0.717) is 16.9 Å². The number of carbonyl (C=O) groups is 1. The van der Waals surface area contributed by atoms with Gasteiger partial charge in [-0.2, -0.15) is 0 Å². The summed E-state index contributed by atoms with van der Waals surface area (Å²) in [6, 6.07) is 8.53. The Hall–Kier alpha value is -2.46. The maximum Gasteiger partial charge on any atom is 0.189 e. The molecule has 2 aromatic carbocycles. The number of methoxy groups -OCH3 is 2. The van der Waals surface area contributed by atoms with Crippen LogP contribution in [0, 0.1) is 6.92 Å². The summed E-state index contributed by atoms with van der Waals surface area (Å²) in [6.45, 7) is 1.93. The fraction of sp³-hybridized carbons (Fsp3) is 0.167. The first-order valence-electron chi connectivity index (χ1n) is 6.89. The summed E-state index contributed by atoms with van der Waals surface area (Å²) in [7, 11) is 2.96. The number of aromatic hydroxyl groups is 1. The molecule has 120 valence electrons. The zero-order valence-corrected chi connectivity index (χ0v) is 13.8. The fourth-order valence-corrected chi connectivity index (χ4v) is 2.33. The van der Waals surface area contributed by atoms with Crippen molar-refractivity contribution < 1.29 is 19.4 Å². The molecule has 0 aliphatic rings. The molecule has 1 N–H and O–H groups in total. The monoisotopic (exact) mass is 332 g/mol. The Balaban J connectivity index is 2.30. The second kappa shape index (κ2) is 7.20. The van der Waals surface area contributed by atoms with Gasteiger partial charge < -0.3 is 14.6 Å². The van der Waals surface area contributed by atoms with Gasteiger partial charge in [0.1, 0.15) is 5.75 Å². The molecule has 23 heavy (non-hydrogen) atoms. The molecule has 0 aliphatic carbocycles. The van der Waals surface area contributed by atoms with Crippen LogP contribution < -0.4 is 9.47 Å². The van der Waals surface area contributed by atoms with Gasteiger partial charge in [0.05, 0.1) is 24.8 Å². The standard InChI is InChI=1S/C18H17ClO4/c1-11-4-6-13(16(8-11)22-2)15(20)7-5-12-9-14(19)18(21)17(10-12)23-3/h4-10,21H,1-3H3. The summed E-state index contributed by atoms with van der Waals surface area (Å²) >= 11 is 5.93. The Bertz CT molecular complexity index is 766. The van der Waals surface area contributed by atoms with Crippen molar-refractivity contribution in [3.8, 4) is 17.2 Å². The van der Waals surface area contributed by atoms with Crippen molar-refractivity contribution in [2.75, 3.05) is 14.2 Å². The van der Waals surface area contributed by atoms with Crippen molar-refractivity contribution in [1.29, 1.82) is 0 Å². The van der Waals surface area contributed by atoms with E-state index in [9.17, 15) is 9.90 Å². The van der Waals surface area contributed by atoms with Gasteiger partial charge in [-0.3, -0.25) is 4.79 Å². The van der Waals surface area contributed by atoms with Crippen LogP contribution in [0.5, 0.6) is 17.2 Å². The van der Waals surface area contributed by atoms with Crippen LogP contribution in [0.2, 0.25) is 5.02 Å². The van der Waals surface area contributed by atoms with E-state index in [1.54, 1.807) is 24.3 Å². The summed E-state index contributed by atoms with van der Waals surface area (Å²) in [5, 5.41) is 9.86. The quantitative estimate of drug-likeness (QED) is 0.656. The molecule has 0 unspecified atom stereocenters. The van der Waals surface area contributed by atoms with Crippen LogP contribution in [0.25, 0.3) is 6.08 Å². The predicted molar refractivity (Wildman–Crippen MR) is 90.8 cm³/mol. The third-order valence-corrected chi connectivity index (χ3v) is 3.61. The maximum absolute atomic E-state index is 12.3. The summed E-state index contributed by atoms with van der Waals surface area (Å²) in [5.41, 5.74) is 2.13. The number of hydrogen-bond acceptors (Lipinski definition) is 4. The Kier molecular flexibility index (Phi) is 5.29. The first-order chi connectivity index (χ1) is 11.0. The van der Waals surface area contributed by atoms with Gasteiger partial charge in [-0.25, -0.2) is 0 Å². The van der Waals surface area contributed by atoms with Crippen LogP contribution in [0.1, 0.15) is 21.5 Å². The van der Waals surface area contributed by atoms with Gasteiger partial charge in [-0.05, 0) is 48.4 Å². The van der Waals surface area contributed by atoms with E-state index in [1.165, 1.54) is 20.3 Å². The number of phenols is 1. The molecule has 0 fully saturated rings. The number of aryl methyl sites for hydroxylation is 1. The fourth-order valence-electron chi connectivity index (χ4n) is 2.11. The van der Waals surface area contributed by atoms with Gasteiger partial charge in [-0.15, -0.1) is 0 Å². The average Bonchev–Trinajstić information content (AvgIpc) is 2.55. The molecule has 2 aromatic rings. The minimum absolute atomic E-state index is 0.127. The van der Waals surface area contributed by atoms with Crippen LogP contribution in [0.15, 0.2) is 36.4 Å². The van der Waals surface area contributed by atoms with E-state index in [0.717, 1.165) is 5.56 Å². The van der Waals surface area contributed by atoms with Crippen molar-refractivity contribution in [3.05, 3.63) is 58.1 Å². The van der Waals surface area contributed by atoms with Gasteiger partial charge in [-0.1, -0.05) is 23.7 Å². The Morgan fingerprint density at radius 3 is 2.48 bits per heavy atom.